The van der Waals surface area contributed by atoms with Gasteiger partial charge in [0.2, 0.25) is 5.89 Å². The highest BCUT2D eigenvalue weighted by Crippen LogP contribution is 2.29. The molecule has 0 bridgehead atoms. The van der Waals surface area contributed by atoms with Crippen molar-refractivity contribution < 1.29 is 27.8 Å². The maximum atomic E-state index is 13.0. The van der Waals surface area contributed by atoms with Gasteiger partial charge in [-0.1, -0.05) is 0 Å². The molecule has 0 aliphatic rings. The number of ether oxygens (including phenoxy) is 3. The van der Waals surface area contributed by atoms with Gasteiger partial charge in [-0.15, -0.1) is 0 Å². The van der Waals surface area contributed by atoms with Crippen molar-refractivity contribution >= 4 is 16.9 Å². The zero-order valence-corrected chi connectivity index (χ0v) is 18.6. The van der Waals surface area contributed by atoms with E-state index in [1.165, 1.54) is 43.5 Å². The van der Waals surface area contributed by atoms with Crippen LogP contribution in [-0.4, -0.2) is 34.7 Å². The van der Waals surface area contributed by atoms with Gasteiger partial charge in [0, 0.05) is 24.6 Å². The molecule has 34 heavy (non-hydrogen) atoms. The maximum absolute atomic E-state index is 13.0. The predicted octanol–water partition coefficient (Wildman–Crippen LogP) is 3.73. The van der Waals surface area contributed by atoms with Gasteiger partial charge in [-0.05, 0) is 36.8 Å². The molecule has 0 saturated carbocycles. The van der Waals surface area contributed by atoms with E-state index < -0.39 is 5.97 Å². The molecule has 0 unspecified atom stereocenters. The fraction of sp³-hybridized carbons (Fsp3) is 0.250. The third kappa shape index (κ3) is 5.06. The third-order valence-electron chi connectivity index (χ3n) is 5.13. The minimum atomic E-state index is -0.431. The lowest BCUT2D eigenvalue weighted by atomic mass is 10.2. The van der Waals surface area contributed by atoms with Gasteiger partial charge in [-0.3, -0.25) is 14.2 Å². The number of oxazole rings is 1. The summed E-state index contributed by atoms with van der Waals surface area (Å²) in [5.41, 5.74) is 1.30. The van der Waals surface area contributed by atoms with Crippen LogP contribution in [0.15, 0.2) is 58.2 Å². The molecule has 0 atom stereocenters. The summed E-state index contributed by atoms with van der Waals surface area (Å²) in [7, 11) is 3.00. The van der Waals surface area contributed by atoms with E-state index in [1.807, 2.05) is 0 Å². The number of benzene rings is 2. The van der Waals surface area contributed by atoms with E-state index in [0.717, 1.165) is 0 Å². The number of nitrogens with zero attached hydrogens (tertiary/aromatic N) is 3. The molecule has 0 spiro atoms. The SMILES string of the molecule is COc1cc2ncn(CCCC(=O)OCc3coc(-c4ccc(F)cc4)n3)c(=O)c2cc1OC. The second kappa shape index (κ2) is 10.2. The summed E-state index contributed by atoms with van der Waals surface area (Å²) in [4.78, 5) is 33.4. The number of hydrogen-bond donors (Lipinski definition) is 0. The molecule has 176 valence electrons. The average molecular weight is 467 g/mol. The third-order valence-corrected chi connectivity index (χ3v) is 5.13. The lowest BCUT2D eigenvalue weighted by Crippen LogP contribution is -2.21. The van der Waals surface area contributed by atoms with Crippen LogP contribution in [0.3, 0.4) is 0 Å². The van der Waals surface area contributed by atoms with E-state index in [9.17, 15) is 14.0 Å². The van der Waals surface area contributed by atoms with Crippen molar-refractivity contribution in [3.8, 4) is 23.0 Å². The van der Waals surface area contributed by atoms with Crippen molar-refractivity contribution in [2.75, 3.05) is 14.2 Å². The molecule has 2 aromatic carbocycles. The topological polar surface area (TPSA) is 106 Å². The fourth-order valence-electron chi connectivity index (χ4n) is 3.36. The zero-order valence-electron chi connectivity index (χ0n) is 18.6. The van der Waals surface area contributed by atoms with Crippen molar-refractivity contribution in [2.45, 2.75) is 26.0 Å². The Bertz CT molecular complexity index is 1360. The van der Waals surface area contributed by atoms with Crippen LogP contribution < -0.4 is 15.0 Å². The van der Waals surface area contributed by atoms with Crippen LogP contribution in [0.4, 0.5) is 4.39 Å². The Kier molecular flexibility index (Phi) is 6.86. The first-order valence-corrected chi connectivity index (χ1v) is 10.5. The molecule has 9 nitrogen and oxygen atoms in total. The number of halogens is 1. The first-order chi connectivity index (χ1) is 16.5. The highest BCUT2D eigenvalue weighted by atomic mass is 19.1. The van der Waals surface area contributed by atoms with E-state index >= 15 is 0 Å². The summed E-state index contributed by atoms with van der Waals surface area (Å²) >= 11 is 0. The Labute approximate surface area is 193 Å². The van der Waals surface area contributed by atoms with E-state index in [2.05, 4.69) is 9.97 Å². The molecule has 2 aromatic heterocycles. The molecule has 0 fully saturated rings. The van der Waals surface area contributed by atoms with E-state index in [4.69, 9.17) is 18.6 Å². The number of carbonyl (C=O) groups excluding carboxylic acids is 1. The summed E-state index contributed by atoms with van der Waals surface area (Å²) in [5.74, 6) is 0.444. The molecule has 0 amide bonds. The monoisotopic (exact) mass is 467 g/mol. The lowest BCUT2D eigenvalue weighted by Gasteiger charge is -2.10. The Morgan fingerprint density at radius 3 is 2.59 bits per heavy atom. The number of hydrogen-bond acceptors (Lipinski definition) is 8. The number of esters is 1. The quantitative estimate of drug-likeness (QED) is 0.343. The number of aromatic nitrogens is 3. The maximum Gasteiger partial charge on any atom is 0.306 e. The minimum absolute atomic E-state index is 0.0529. The van der Waals surface area contributed by atoms with Gasteiger partial charge >= 0.3 is 5.97 Å². The van der Waals surface area contributed by atoms with Crippen molar-refractivity contribution in [1.82, 2.24) is 14.5 Å². The van der Waals surface area contributed by atoms with Gasteiger partial charge in [0.05, 0.1) is 31.4 Å². The molecule has 2 heterocycles. The molecule has 0 N–H and O–H groups in total. The van der Waals surface area contributed by atoms with Gasteiger partial charge in [-0.2, -0.15) is 0 Å². The number of aryl methyl sites for hydroxylation is 1. The minimum Gasteiger partial charge on any atom is -0.493 e. The van der Waals surface area contributed by atoms with Crippen LogP contribution in [0.25, 0.3) is 22.4 Å². The zero-order chi connectivity index (χ0) is 24.1. The highest BCUT2D eigenvalue weighted by molar-refractivity contribution is 5.81. The molecule has 0 aliphatic carbocycles. The number of carbonyl (C=O) groups is 1. The van der Waals surface area contributed by atoms with Crippen LogP contribution in [0.1, 0.15) is 18.5 Å². The molecule has 0 saturated heterocycles. The van der Waals surface area contributed by atoms with Crippen LogP contribution in [0, 0.1) is 5.82 Å². The van der Waals surface area contributed by atoms with Gasteiger partial charge in [0.15, 0.2) is 11.5 Å². The second-order valence-electron chi connectivity index (χ2n) is 7.38. The Hall–Kier alpha value is -4.21. The molecule has 0 radical (unpaired) electrons. The summed E-state index contributed by atoms with van der Waals surface area (Å²) in [6.07, 6.45) is 3.32. The molecule has 10 heteroatoms. The standard InChI is InChI=1S/C24H22FN3O6/c1-31-20-10-18-19(11-21(20)32-2)26-14-28(24(18)30)9-3-4-22(29)33-12-17-13-34-23(27-17)15-5-7-16(25)8-6-15/h5-8,10-11,13-14H,3-4,9,12H2,1-2H3. The Balaban J connectivity index is 1.31. The average Bonchev–Trinajstić information content (AvgIpc) is 3.33. The van der Waals surface area contributed by atoms with Crippen molar-refractivity contribution in [1.29, 1.82) is 0 Å². The second-order valence-corrected chi connectivity index (χ2v) is 7.38. The van der Waals surface area contributed by atoms with E-state index in [1.54, 1.807) is 24.3 Å². The van der Waals surface area contributed by atoms with Crippen LogP contribution >= 0.6 is 0 Å². The van der Waals surface area contributed by atoms with E-state index in [-0.39, 0.29) is 24.4 Å². The van der Waals surface area contributed by atoms with Gasteiger partial charge in [0.25, 0.3) is 5.56 Å². The van der Waals surface area contributed by atoms with Crippen LogP contribution in [-0.2, 0) is 22.7 Å². The molecule has 4 rings (SSSR count). The number of methoxy groups -OCH3 is 2. The van der Waals surface area contributed by atoms with Gasteiger partial charge in [0.1, 0.15) is 24.4 Å². The van der Waals surface area contributed by atoms with Crippen molar-refractivity contribution in [2.24, 2.45) is 0 Å². The van der Waals surface area contributed by atoms with Crippen LogP contribution in [0.2, 0.25) is 0 Å². The smallest absolute Gasteiger partial charge is 0.306 e. The number of fused-ring (bicyclic) bond motifs is 1. The number of rotatable bonds is 9. The summed E-state index contributed by atoms with van der Waals surface area (Å²) < 4.78 is 35.6. The van der Waals surface area contributed by atoms with Gasteiger partial charge in [-0.25, -0.2) is 14.4 Å². The first kappa shape index (κ1) is 23.0. The Morgan fingerprint density at radius 1 is 1.12 bits per heavy atom. The Morgan fingerprint density at radius 2 is 1.85 bits per heavy atom. The molecule has 0 aliphatic heterocycles. The molecular formula is C24H22FN3O6. The van der Waals surface area contributed by atoms with Crippen LogP contribution in [0.5, 0.6) is 11.5 Å². The largest absolute Gasteiger partial charge is 0.493 e. The fourth-order valence-corrected chi connectivity index (χ4v) is 3.36. The normalized spacial score (nSPS) is 10.9. The summed E-state index contributed by atoms with van der Waals surface area (Å²) in [6, 6.07) is 8.95. The van der Waals surface area contributed by atoms with Crippen molar-refractivity contribution in [3.05, 3.63) is 70.9 Å². The van der Waals surface area contributed by atoms with Gasteiger partial charge < -0.3 is 18.6 Å². The summed E-state index contributed by atoms with van der Waals surface area (Å²) in [6.45, 7) is 0.243. The van der Waals surface area contributed by atoms with Crippen molar-refractivity contribution in [3.63, 3.8) is 0 Å². The summed E-state index contributed by atoms with van der Waals surface area (Å²) in [5, 5.41) is 0.394. The molecule has 4 aromatic rings. The predicted molar refractivity (Wildman–Crippen MR) is 120 cm³/mol. The molecular weight excluding hydrogens is 445 g/mol. The lowest BCUT2D eigenvalue weighted by molar-refractivity contribution is -0.145. The van der Waals surface area contributed by atoms with E-state index in [0.29, 0.717) is 52.5 Å². The first-order valence-electron chi connectivity index (χ1n) is 10.5. The highest BCUT2D eigenvalue weighted by Gasteiger charge is 2.13.